The van der Waals surface area contributed by atoms with Crippen molar-refractivity contribution in [1.82, 2.24) is 0 Å². The standard InChI is InChI=1S/C38H34/c1-27-5-17-33(18-6-27)37(34-19-7-28(2)8-20-34)25-31-13-15-32(16-14-31)26-38(35-21-9-29(3)10-22-35)36-23-11-30(4)12-24-36/h5-26H,1-4H3. The van der Waals surface area contributed by atoms with Crippen LogP contribution in [0.4, 0.5) is 0 Å². The molecule has 0 unspecified atom stereocenters. The summed E-state index contributed by atoms with van der Waals surface area (Å²) in [5.41, 5.74) is 14.8. The highest BCUT2D eigenvalue weighted by Crippen LogP contribution is 2.29. The number of hydrogen-bond acceptors (Lipinski definition) is 0. The molecule has 0 aromatic heterocycles. The van der Waals surface area contributed by atoms with E-state index in [1.165, 1.54) is 66.8 Å². The number of benzene rings is 5. The van der Waals surface area contributed by atoms with Crippen molar-refractivity contribution < 1.29 is 0 Å². The van der Waals surface area contributed by atoms with Crippen molar-refractivity contribution >= 4 is 23.3 Å². The second-order valence-electron chi connectivity index (χ2n) is 10.2. The summed E-state index contributed by atoms with van der Waals surface area (Å²) in [6.45, 7) is 8.53. The van der Waals surface area contributed by atoms with E-state index in [0.29, 0.717) is 0 Å². The molecule has 0 amide bonds. The van der Waals surface area contributed by atoms with Crippen LogP contribution < -0.4 is 0 Å². The molecular weight excluding hydrogens is 456 g/mol. The quantitative estimate of drug-likeness (QED) is 0.208. The van der Waals surface area contributed by atoms with Gasteiger partial charge in [0.15, 0.2) is 0 Å². The maximum Gasteiger partial charge on any atom is -0.0105 e. The van der Waals surface area contributed by atoms with Crippen LogP contribution in [0, 0.1) is 27.7 Å². The minimum Gasteiger partial charge on any atom is -0.0587 e. The Morgan fingerprint density at radius 1 is 0.316 bits per heavy atom. The molecular formula is C38H34. The summed E-state index contributed by atoms with van der Waals surface area (Å²) in [7, 11) is 0. The van der Waals surface area contributed by atoms with Crippen LogP contribution in [0.5, 0.6) is 0 Å². The number of hydrogen-bond donors (Lipinski definition) is 0. The average molecular weight is 491 g/mol. The van der Waals surface area contributed by atoms with E-state index < -0.39 is 0 Å². The molecule has 186 valence electrons. The molecule has 5 rings (SSSR count). The predicted molar refractivity (Wildman–Crippen MR) is 165 cm³/mol. The molecule has 0 atom stereocenters. The van der Waals surface area contributed by atoms with Gasteiger partial charge in [0.05, 0.1) is 0 Å². The van der Waals surface area contributed by atoms with E-state index in [2.05, 4.69) is 161 Å². The normalized spacial score (nSPS) is 10.6. The molecule has 0 nitrogen and oxygen atoms in total. The van der Waals surface area contributed by atoms with Crippen molar-refractivity contribution in [3.8, 4) is 0 Å². The van der Waals surface area contributed by atoms with Crippen molar-refractivity contribution in [3.63, 3.8) is 0 Å². The fourth-order valence-corrected chi connectivity index (χ4v) is 4.62. The first-order valence-electron chi connectivity index (χ1n) is 13.3. The zero-order valence-corrected chi connectivity index (χ0v) is 22.7. The summed E-state index contributed by atoms with van der Waals surface area (Å²) in [6, 6.07) is 44.1. The van der Waals surface area contributed by atoms with E-state index in [1.807, 2.05) is 0 Å². The molecule has 0 aliphatic rings. The van der Waals surface area contributed by atoms with Gasteiger partial charge in [-0.3, -0.25) is 0 Å². The van der Waals surface area contributed by atoms with Crippen molar-refractivity contribution in [2.75, 3.05) is 0 Å². The molecule has 0 saturated carbocycles. The molecule has 5 aromatic carbocycles. The SMILES string of the molecule is Cc1ccc(C(=Cc2ccc(C=C(c3ccc(C)cc3)c3ccc(C)cc3)cc2)c2ccc(C)cc2)cc1. The third kappa shape index (κ3) is 6.10. The monoisotopic (exact) mass is 490 g/mol. The lowest BCUT2D eigenvalue weighted by molar-refractivity contribution is 1.43. The Hall–Kier alpha value is -4.42. The zero-order valence-electron chi connectivity index (χ0n) is 22.7. The lowest BCUT2D eigenvalue weighted by atomic mass is 9.93. The minimum atomic E-state index is 1.19. The van der Waals surface area contributed by atoms with Crippen LogP contribution in [-0.4, -0.2) is 0 Å². The van der Waals surface area contributed by atoms with Crippen LogP contribution in [0.15, 0.2) is 121 Å². The van der Waals surface area contributed by atoms with Crippen molar-refractivity contribution in [1.29, 1.82) is 0 Å². The van der Waals surface area contributed by atoms with Crippen molar-refractivity contribution in [2.24, 2.45) is 0 Å². The number of aryl methyl sites for hydroxylation is 4. The van der Waals surface area contributed by atoms with E-state index in [0.717, 1.165) is 0 Å². The van der Waals surface area contributed by atoms with Crippen LogP contribution in [0.1, 0.15) is 55.6 Å². The lowest BCUT2D eigenvalue weighted by Gasteiger charge is -2.11. The van der Waals surface area contributed by atoms with E-state index >= 15 is 0 Å². The highest BCUT2D eigenvalue weighted by atomic mass is 14.1. The molecule has 5 aromatic rings. The molecule has 0 heteroatoms. The minimum absolute atomic E-state index is 1.19. The predicted octanol–water partition coefficient (Wildman–Crippen LogP) is 10.1. The maximum atomic E-state index is 2.30. The molecule has 0 fully saturated rings. The first kappa shape index (κ1) is 25.2. The summed E-state index contributed by atoms with van der Waals surface area (Å²) < 4.78 is 0. The van der Waals surface area contributed by atoms with Crippen LogP contribution in [0.2, 0.25) is 0 Å². The molecule has 0 N–H and O–H groups in total. The van der Waals surface area contributed by atoms with Gasteiger partial charge in [-0.15, -0.1) is 0 Å². The van der Waals surface area contributed by atoms with Crippen LogP contribution in [0.25, 0.3) is 23.3 Å². The fourth-order valence-electron chi connectivity index (χ4n) is 4.62. The van der Waals surface area contributed by atoms with Gasteiger partial charge in [-0.1, -0.05) is 144 Å². The summed E-state index contributed by atoms with van der Waals surface area (Å²) in [5, 5.41) is 0. The third-order valence-corrected chi connectivity index (χ3v) is 7.01. The lowest BCUT2D eigenvalue weighted by Crippen LogP contribution is -1.90. The zero-order chi connectivity index (χ0) is 26.5. The average Bonchev–Trinajstić information content (AvgIpc) is 2.93. The van der Waals surface area contributed by atoms with Gasteiger partial charge < -0.3 is 0 Å². The Morgan fingerprint density at radius 2 is 0.526 bits per heavy atom. The summed E-state index contributed by atoms with van der Waals surface area (Å²) in [6.07, 6.45) is 4.59. The van der Waals surface area contributed by atoms with Crippen molar-refractivity contribution in [3.05, 3.63) is 177 Å². The first-order valence-corrected chi connectivity index (χ1v) is 13.3. The van der Waals surface area contributed by atoms with E-state index in [-0.39, 0.29) is 0 Å². The summed E-state index contributed by atoms with van der Waals surface area (Å²) >= 11 is 0. The molecule has 0 spiro atoms. The Kier molecular flexibility index (Phi) is 7.52. The van der Waals surface area contributed by atoms with Gasteiger partial charge in [0.1, 0.15) is 0 Å². The Bertz CT molecular complexity index is 1340. The molecule has 0 aliphatic heterocycles. The fraction of sp³-hybridized carbons (Fsp3) is 0.105. The van der Waals surface area contributed by atoms with Gasteiger partial charge in [-0.2, -0.15) is 0 Å². The third-order valence-electron chi connectivity index (χ3n) is 7.01. The molecule has 0 aliphatic carbocycles. The van der Waals surface area contributed by atoms with Crippen LogP contribution >= 0.6 is 0 Å². The molecule has 0 bridgehead atoms. The van der Waals surface area contributed by atoms with Crippen molar-refractivity contribution in [2.45, 2.75) is 27.7 Å². The molecule has 38 heavy (non-hydrogen) atoms. The van der Waals surface area contributed by atoms with Crippen LogP contribution in [-0.2, 0) is 0 Å². The molecule has 0 saturated heterocycles. The van der Waals surface area contributed by atoms with E-state index in [1.54, 1.807) is 0 Å². The second kappa shape index (κ2) is 11.3. The number of rotatable bonds is 6. The highest BCUT2D eigenvalue weighted by molar-refractivity contribution is 5.93. The Labute approximate surface area is 227 Å². The highest BCUT2D eigenvalue weighted by Gasteiger charge is 2.08. The Balaban J connectivity index is 1.53. The summed E-state index contributed by atoms with van der Waals surface area (Å²) in [4.78, 5) is 0. The first-order chi connectivity index (χ1) is 18.4. The topological polar surface area (TPSA) is 0 Å². The largest absolute Gasteiger partial charge is 0.0587 e. The second-order valence-corrected chi connectivity index (χ2v) is 10.2. The van der Waals surface area contributed by atoms with Gasteiger partial charge in [-0.25, -0.2) is 0 Å². The van der Waals surface area contributed by atoms with Gasteiger partial charge in [-0.05, 0) is 84.4 Å². The van der Waals surface area contributed by atoms with Gasteiger partial charge in [0.2, 0.25) is 0 Å². The van der Waals surface area contributed by atoms with Gasteiger partial charge in [0.25, 0.3) is 0 Å². The smallest absolute Gasteiger partial charge is 0.0105 e. The Morgan fingerprint density at radius 3 is 0.737 bits per heavy atom. The van der Waals surface area contributed by atoms with Gasteiger partial charge >= 0.3 is 0 Å². The van der Waals surface area contributed by atoms with Crippen LogP contribution in [0.3, 0.4) is 0 Å². The van der Waals surface area contributed by atoms with E-state index in [4.69, 9.17) is 0 Å². The summed E-state index contributed by atoms with van der Waals surface area (Å²) in [5.74, 6) is 0. The maximum absolute atomic E-state index is 2.30. The van der Waals surface area contributed by atoms with E-state index in [9.17, 15) is 0 Å². The molecule has 0 heterocycles. The molecule has 0 radical (unpaired) electrons. The van der Waals surface area contributed by atoms with Gasteiger partial charge in [0, 0.05) is 0 Å².